The Hall–Kier alpha value is -2.99. The largest absolute Gasteiger partial charge is 0.497 e. The summed E-state index contributed by atoms with van der Waals surface area (Å²) in [6, 6.07) is 11.2. The molecule has 26 heavy (non-hydrogen) atoms. The molecule has 0 saturated carbocycles. The van der Waals surface area contributed by atoms with Gasteiger partial charge in [0.2, 0.25) is 0 Å². The van der Waals surface area contributed by atoms with Gasteiger partial charge in [0.05, 0.1) is 34.0 Å². The Morgan fingerprint density at radius 3 is 2.15 bits per heavy atom. The molecule has 6 nitrogen and oxygen atoms in total. The Balaban J connectivity index is 2.48. The van der Waals surface area contributed by atoms with Gasteiger partial charge in [-0.3, -0.25) is 9.63 Å². The number of hydrogen-bond acceptors (Lipinski definition) is 5. The number of ether oxygens (including phenoxy) is 3. The van der Waals surface area contributed by atoms with E-state index in [1.54, 1.807) is 34.4 Å². The van der Waals surface area contributed by atoms with Crippen molar-refractivity contribution < 1.29 is 23.8 Å². The lowest BCUT2D eigenvalue weighted by Gasteiger charge is -2.18. The summed E-state index contributed by atoms with van der Waals surface area (Å²) in [6.07, 6.45) is 0. The van der Waals surface area contributed by atoms with Crippen LogP contribution in [0.15, 0.2) is 36.4 Å². The van der Waals surface area contributed by atoms with Crippen LogP contribution in [0.3, 0.4) is 0 Å². The number of hydroxylamine groups is 2. The zero-order valence-corrected chi connectivity index (χ0v) is 15.5. The zero-order valence-electron chi connectivity index (χ0n) is 15.5. The van der Waals surface area contributed by atoms with E-state index in [2.05, 4.69) is 0 Å². The second-order valence-corrected chi connectivity index (χ2v) is 5.75. The number of carbonyl (C=O) groups excluding carboxylic acids is 1. The first-order valence-corrected chi connectivity index (χ1v) is 8.02. The molecule has 0 unspecified atom stereocenters. The van der Waals surface area contributed by atoms with Crippen molar-refractivity contribution >= 4 is 27.5 Å². The summed E-state index contributed by atoms with van der Waals surface area (Å²) in [7, 11) is 7.81. The lowest BCUT2D eigenvalue weighted by molar-refractivity contribution is -0.0755. The van der Waals surface area contributed by atoms with Crippen molar-refractivity contribution in [3.63, 3.8) is 0 Å². The minimum absolute atomic E-state index is 0.259. The van der Waals surface area contributed by atoms with Crippen LogP contribution in [0.2, 0.25) is 0 Å². The third-order valence-corrected chi connectivity index (χ3v) is 4.44. The number of amides is 1. The number of hydrogen-bond donors (Lipinski definition) is 0. The predicted molar refractivity (Wildman–Crippen MR) is 100 cm³/mol. The number of carbonyl (C=O) groups is 1. The predicted octanol–water partition coefficient (Wildman–Crippen LogP) is 3.65. The van der Waals surface area contributed by atoms with E-state index in [0.29, 0.717) is 17.1 Å². The molecule has 0 fully saturated rings. The van der Waals surface area contributed by atoms with Crippen LogP contribution < -0.4 is 14.2 Å². The highest BCUT2D eigenvalue weighted by molar-refractivity contribution is 6.19. The molecule has 0 heterocycles. The van der Waals surface area contributed by atoms with Crippen molar-refractivity contribution in [3.05, 3.63) is 42.0 Å². The molecule has 0 N–H and O–H groups in total. The lowest BCUT2D eigenvalue weighted by Crippen LogP contribution is -2.25. The number of rotatable bonds is 5. The molecular weight excluding hydrogens is 334 g/mol. The average Bonchev–Trinajstić information content (AvgIpc) is 2.70. The summed E-state index contributed by atoms with van der Waals surface area (Å²) in [5.74, 6) is 1.69. The maximum absolute atomic E-state index is 12.9. The van der Waals surface area contributed by atoms with Crippen LogP contribution >= 0.6 is 0 Å². The molecule has 0 aromatic heterocycles. The van der Waals surface area contributed by atoms with Gasteiger partial charge in [0.15, 0.2) is 0 Å². The van der Waals surface area contributed by atoms with E-state index < -0.39 is 0 Å². The third-order valence-electron chi connectivity index (χ3n) is 4.44. The molecule has 0 aliphatic heterocycles. The second kappa shape index (κ2) is 7.09. The first-order chi connectivity index (χ1) is 12.5. The molecule has 0 aliphatic rings. The zero-order chi connectivity index (χ0) is 18.8. The van der Waals surface area contributed by atoms with Gasteiger partial charge in [-0.15, -0.1) is 0 Å². The van der Waals surface area contributed by atoms with Crippen molar-refractivity contribution in [3.8, 4) is 17.2 Å². The highest BCUT2D eigenvalue weighted by Gasteiger charge is 2.20. The molecule has 3 aromatic carbocycles. The van der Waals surface area contributed by atoms with E-state index in [1.165, 1.54) is 12.2 Å². The summed E-state index contributed by atoms with van der Waals surface area (Å²) in [6.45, 7) is 0. The first kappa shape index (κ1) is 17.8. The topological polar surface area (TPSA) is 57.2 Å². The van der Waals surface area contributed by atoms with Gasteiger partial charge in [0.25, 0.3) is 5.91 Å². The summed E-state index contributed by atoms with van der Waals surface area (Å²) >= 11 is 0. The second-order valence-electron chi connectivity index (χ2n) is 5.75. The molecule has 0 bridgehead atoms. The molecule has 3 rings (SSSR count). The van der Waals surface area contributed by atoms with E-state index in [4.69, 9.17) is 19.0 Å². The standard InChI is InChI=1S/C20H21NO5/c1-21(26-5)20(22)17-8-12-6-7-13(23-2)9-15(12)19-16(17)10-14(24-3)11-18(19)25-4/h6-11H,1-5H3. The van der Waals surface area contributed by atoms with E-state index >= 15 is 0 Å². The molecule has 3 aromatic rings. The first-order valence-electron chi connectivity index (χ1n) is 8.02. The minimum atomic E-state index is -0.259. The molecule has 0 saturated heterocycles. The fourth-order valence-corrected chi connectivity index (χ4v) is 3.03. The number of fused-ring (bicyclic) bond motifs is 3. The van der Waals surface area contributed by atoms with Gasteiger partial charge < -0.3 is 14.2 Å². The highest BCUT2D eigenvalue weighted by atomic mass is 16.7. The van der Waals surface area contributed by atoms with Crippen LogP contribution in [0, 0.1) is 0 Å². The van der Waals surface area contributed by atoms with Crippen LogP contribution in [-0.4, -0.2) is 46.5 Å². The van der Waals surface area contributed by atoms with E-state index in [0.717, 1.165) is 27.3 Å². The van der Waals surface area contributed by atoms with Gasteiger partial charge >= 0.3 is 0 Å². The van der Waals surface area contributed by atoms with Gasteiger partial charge in [-0.2, -0.15) is 0 Å². The molecule has 0 atom stereocenters. The molecule has 0 radical (unpaired) electrons. The third kappa shape index (κ3) is 2.88. The SMILES string of the molecule is COc1cc(OC)c2c(c1)c(C(=O)N(C)OC)cc1ccc(OC)cc12. The summed E-state index contributed by atoms with van der Waals surface area (Å²) in [4.78, 5) is 17.9. The number of nitrogens with zero attached hydrogens (tertiary/aromatic N) is 1. The summed E-state index contributed by atoms with van der Waals surface area (Å²) < 4.78 is 16.3. The van der Waals surface area contributed by atoms with Crippen LogP contribution in [0.25, 0.3) is 21.5 Å². The smallest absolute Gasteiger partial charge is 0.277 e. The molecular formula is C20H21NO5. The van der Waals surface area contributed by atoms with E-state index in [9.17, 15) is 4.79 Å². The molecule has 136 valence electrons. The molecule has 0 aliphatic carbocycles. The van der Waals surface area contributed by atoms with Crippen LogP contribution in [0.5, 0.6) is 17.2 Å². The minimum Gasteiger partial charge on any atom is -0.497 e. The summed E-state index contributed by atoms with van der Waals surface area (Å²) in [5.41, 5.74) is 0.499. The number of benzene rings is 3. The van der Waals surface area contributed by atoms with Gasteiger partial charge in [-0.25, -0.2) is 5.06 Å². The van der Waals surface area contributed by atoms with Crippen LogP contribution in [-0.2, 0) is 4.84 Å². The monoisotopic (exact) mass is 355 g/mol. The van der Waals surface area contributed by atoms with Crippen LogP contribution in [0.1, 0.15) is 10.4 Å². The van der Waals surface area contributed by atoms with Crippen molar-refractivity contribution in [2.45, 2.75) is 0 Å². The van der Waals surface area contributed by atoms with Gasteiger partial charge in [0, 0.05) is 23.9 Å². The normalized spacial score (nSPS) is 10.8. The fourth-order valence-electron chi connectivity index (χ4n) is 3.03. The molecule has 0 spiro atoms. The highest BCUT2D eigenvalue weighted by Crippen LogP contribution is 2.40. The molecule has 6 heteroatoms. The summed E-state index contributed by atoms with van der Waals surface area (Å²) in [5, 5.41) is 4.55. The van der Waals surface area contributed by atoms with Gasteiger partial charge in [0.1, 0.15) is 17.2 Å². The Labute approximate surface area is 151 Å². The lowest BCUT2D eigenvalue weighted by atomic mass is 9.95. The average molecular weight is 355 g/mol. The Morgan fingerprint density at radius 2 is 1.54 bits per heavy atom. The van der Waals surface area contributed by atoms with E-state index in [1.807, 2.05) is 30.3 Å². The number of methoxy groups -OCH3 is 3. The van der Waals surface area contributed by atoms with Gasteiger partial charge in [-0.05, 0) is 35.0 Å². The Kier molecular flexibility index (Phi) is 4.86. The maximum Gasteiger partial charge on any atom is 0.277 e. The Bertz CT molecular complexity index is 983. The van der Waals surface area contributed by atoms with Gasteiger partial charge in [-0.1, -0.05) is 6.07 Å². The van der Waals surface area contributed by atoms with E-state index in [-0.39, 0.29) is 5.91 Å². The van der Waals surface area contributed by atoms with Crippen molar-refractivity contribution in [2.75, 3.05) is 35.5 Å². The maximum atomic E-state index is 12.9. The van der Waals surface area contributed by atoms with Crippen molar-refractivity contribution in [2.24, 2.45) is 0 Å². The van der Waals surface area contributed by atoms with Crippen LogP contribution in [0.4, 0.5) is 0 Å². The fraction of sp³-hybridized carbons (Fsp3) is 0.250. The van der Waals surface area contributed by atoms with Crippen molar-refractivity contribution in [1.82, 2.24) is 5.06 Å². The van der Waals surface area contributed by atoms with Crippen molar-refractivity contribution in [1.29, 1.82) is 0 Å². The Morgan fingerprint density at radius 1 is 0.846 bits per heavy atom. The quantitative estimate of drug-likeness (QED) is 0.516. The molecule has 1 amide bonds.